The van der Waals surface area contributed by atoms with Crippen LogP contribution in [-0.4, -0.2) is 5.97 Å². The van der Waals surface area contributed by atoms with Crippen LogP contribution in [-0.2, 0) is 11.2 Å². The first-order chi connectivity index (χ1) is 12.5. The van der Waals surface area contributed by atoms with E-state index in [4.69, 9.17) is 10.00 Å². The summed E-state index contributed by atoms with van der Waals surface area (Å²) in [6.45, 7) is 5.62. The first-order valence-electron chi connectivity index (χ1n) is 9.35. The lowest BCUT2D eigenvalue weighted by atomic mass is 9.90. The fraction of sp³-hybridized carbons (Fsp3) is 0.391. The van der Waals surface area contributed by atoms with Gasteiger partial charge in [-0.25, -0.2) is 4.79 Å². The molecule has 3 nitrogen and oxygen atoms in total. The molecule has 0 radical (unpaired) electrons. The highest BCUT2D eigenvalue weighted by Gasteiger charge is 2.33. The Morgan fingerprint density at radius 2 is 1.58 bits per heavy atom. The van der Waals surface area contributed by atoms with Crippen molar-refractivity contribution in [3.05, 3.63) is 54.1 Å². The predicted molar refractivity (Wildman–Crippen MR) is 105 cm³/mol. The lowest BCUT2D eigenvalue weighted by molar-refractivity contribution is -0.141. The van der Waals surface area contributed by atoms with Gasteiger partial charge in [0.1, 0.15) is 5.75 Å². The second kappa shape index (κ2) is 9.20. The summed E-state index contributed by atoms with van der Waals surface area (Å²) < 4.78 is 5.36. The first kappa shape index (κ1) is 19.7. The molecule has 2 aromatic rings. The molecule has 1 atom stereocenters. The van der Waals surface area contributed by atoms with Gasteiger partial charge in [-0.05, 0) is 55.0 Å². The summed E-state index contributed by atoms with van der Waals surface area (Å²) in [6, 6.07) is 18.1. The van der Waals surface area contributed by atoms with Crippen molar-refractivity contribution in [3.8, 4) is 22.9 Å². The molecular formula is C23H27NO2. The molecule has 0 spiro atoms. The van der Waals surface area contributed by atoms with Gasteiger partial charge in [0, 0.05) is 0 Å². The molecule has 3 heteroatoms. The molecule has 0 heterocycles. The summed E-state index contributed by atoms with van der Waals surface area (Å²) in [4.78, 5) is 12.2. The summed E-state index contributed by atoms with van der Waals surface area (Å²) in [5.74, 6) is -0.0449. The molecule has 136 valence electrons. The van der Waals surface area contributed by atoms with Crippen LogP contribution >= 0.6 is 0 Å². The number of unbranched alkanes of at least 4 members (excludes halogenated alkanes) is 2. The van der Waals surface area contributed by atoms with Crippen LogP contribution in [0.3, 0.4) is 0 Å². The number of nitriles is 1. The van der Waals surface area contributed by atoms with Gasteiger partial charge in [0.2, 0.25) is 0 Å². The third-order valence-corrected chi connectivity index (χ3v) is 4.83. The number of aryl methyl sites for hydroxylation is 1. The van der Waals surface area contributed by atoms with Crippen LogP contribution in [0, 0.1) is 16.7 Å². The Labute approximate surface area is 156 Å². The highest BCUT2D eigenvalue weighted by molar-refractivity contribution is 5.81. The molecule has 0 saturated carbocycles. The third-order valence-electron chi connectivity index (χ3n) is 4.83. The Balaban J connectivity index is 2.03. The Bertz CT molecular complexity index is 756. The van der Waals surface area contributed by atoms with Gasteiger partial charge in [-0.2, -0.15) is 5.26 Å². The quantitative estimate of drug-likeness (QED) is 0.337. The number of rotatable bonds is 8. The van der Waals surface area contributed by atoms with Crippen molar-refractivity contribution < 1.29 is 9.53 Å². The van der Waals surface area contributed by atoms with Crippen LogP contribution in [0.5, 0.6) is 5.75 Å². The van der Waals surface area contributed by atoms with Gasteiger partial charge >= 0.3 is 5.97 Å². The molecule has 0 saturated heterocycles. The van der Waals surface area contributed by atoms with Gasteiger partial charge in [-0.3, -0.25) is 0 Å². The van der Waals surface area contributed by atoms with Gasteiger partial charge in [-0.1, -0.05) is 63.1 Å². The average Bonchev–Trinajstić information content (AvgIpc) is 2.68. The van der Waals surface area contributed by atoms with E-state index in [1.807, 2.05) is 18.2 Å². The van der Waals surface area contributed by atoms with Gasteiger partial charge in [0.25, 0.3) is 0 Å². The topological polar surface area (TPSA) is 50.1 Å². The maximum Gasteiger partial charge on any atom is 0.331 e. The Morgan fingerprint density at radius 1 is 1.00 bits per heavy atom. The van der Waals surface area contributed by atoms with Crippen molar-refractivity contribution in [2.75, 3.05) is 0 Å². The molecule has 2 aromatic carbocycles. The largest absolute Gasteiger partial charge is 0.425 e. The molecule has 0 amide bonds. The predicted octanol–water partition coefficient (Wildman–Crippen LogP) is 5.93. The number of benzene rings is 2. The standard InChI is InChI=1S/C23H27NO2/c1-4-6-7-8-18-9-11-19(12-10-18)20-13-15-21(16-14-20)26-22(25)23(3,5-2)17-24/h9-16H,4-8H2,1-3H3. The van der Waals surface area contributed by atoms with E-state index in [1.54, 1.807) is 26.0 Å². The van der Waals surface area contributed by atoms with E-state index in [2.05, 4.69) is 31.2 Å². The van der Waals surface area contributed by atoms with Gasteiger partial charge in [0.15, 0.2) is 5.41 Å². The van der Waals surface area contributed by atoms with E-state index < -0.39 is 11.4 Å². The molecular weight excluding hydrogens is 322 g/mol. The van der Waals surface area contributed by atoms with Crippen LogP contribution in [0.4, 0.5) is 0 Å². The molecule has 0 aliphatic rings. The highest BCUT2D eigenvalue weighted by Crippen LogP contribution is 2.26. The van der Waals surface area contributed by atoms with Gasteiger partial charge < -0.3 is 4.74 Å². The van der Waals surface area contributed by atoms with E-state index in [0.717, 1.165) is 17.5 Å². The van der Waals surface area contributed by atoms with Crippen LogP contribution < -0.4 is 4.74 Å². The number of nitrogens with zero attached hydrogens (tertiary/aromatic N) is 1. The van der Waals surface area contributed by atoms with Crippen LogP contribution in [0.1, 0.15) is 52.0 Å². The minimum absolute atomic E-state index is 0.422. The normalized spacial score (nSPS) is 12.8. The summed E-state index contributed by atoms with van der Waals surface area (Å²) in [6.07, 6.45) is 5.28. The molecule has 0 N–H and O–H groups in total. The van der Waals surface area contributed by atoms with Crippen molar-refractivity contribution in [2.24, 2.45) is 5.41 Å². The third kappa shape index (κ3) is 4.95. The van der Waals surface area contributed by atoms with E-state index in [-0.39, 0.29) is 0 Å². The zero-order valence-electron chi connectivity index (χ0n) is 15.9. The minimum Gasteiger partial charge on any atom is -0.425 e. The average molecular weight is 349 g/mol. The van der Waals surface area contributed by atoms with Gasteiger partial charge in [-0.15, -0.1) is 0 Å². The van der Waals surface area contributed by atoms with E-state index >= 15 is 0 Å². The van der Waals surface area contributed by atoms with Crippen LogP contribution in [0.15, 0.2) is 48.5 Å². The van der Waals surface area contributed by atoms with E-state index in [1.165, 1.54) is 24.8 Å². The monoisotopic (exact) mass is 349 g/mol. The van der Waals surface area contributed by atoms with E-state index in [9.17, 15) is 4.79 Å². The lowest BCUT2D eigenvalue weighted by Gasteiger charge is -2.17. The number of hydrogen-bond acceptors (Lipinski definition) is 3. The van der Waals surface area contributed by atoms with Crippen molar-refractivity contribution >= 4 is 5.97 Å². The smallest absolute Gasteiger partial charge is 0.331 e. The molecule has 1 unspecified atom stereocenters. The van der Waals surface area contributed by atoms with Crippen molar-refractivity contribution in [1.82, 2.24) is 0 Å². The molecule has 0 bridgehead atoms. The summed E-state index contributed by atoms with van der Waals surface area (Å²) in [7, 11) is 0. The number of esters is 1. The zero-order chi connectivity index (χ0) is 19.0. The number of carbonyl (C=O) groups is 1. The van der Waals surface area contributed by atoms with Crippen molar-refractivity contribution in [1.29, 1.82) is 5.26 Å². The Kier molecular flexibility index (Phi) is 6.97. The first-order valence-corrected chi connectivity index (χ1v) is 9.35. The number of hydrogen-bond donors (Lipinski definition) is 0. The second-order valence-electron chi connectivity index (χ2n) is 6.87. The second-order valence-corrected chi connectivity index (χ2v) is 6.87. The lowest BCUT2D eigenvalue weighted by Crippen LogP contribution is -2.29. The molecule has 0 aromatic heterocycles. The summed E-state index contributed by atoms with van der Waals surface area (Å²) in [5, 5.41) is 9.17. The Morgan fingerprint density at radius 3 is 2.08 bits per heavy atom. The maximum atomic E-state index is 12.2. The van der Waals surface area contributed by atoms with Crippen LogP contribution in [0.2, 0.25) is 0 Å². The van der Waals surface area contributed by atoms with Crippen LogP contribution in [0.25, 0.3) is 11.1 Å². The number of carbonyl (C=O) groups excluding carboxylic acids is 1. The van der Waals surface area contributed by atoms with E-state index in [0.29, 0.717) is 12.2 Å². The molecule has 0 fully saturated rings. The number of ether oxygens (including phenoxy) is 1. The maximum absolute atomic E-state index is 12.2. The fourth-order valence-corrected chi connectivity index (χ4v) is 2.65. The SMILES string of the molecule is CCCCCc1ccc(-c2ccc(OC(=O)C(C)(C#N)CC)cc2)cc1. The minimum atomic E-state index is -1.10. The molecule has 0 aliphatic heterocycles. The fourth-order valence-electron chi connectivity index (χ4n) is 2.65. The molecule has 26 heavy (non-hydrogen) atoms. The van der Waals surface area contributed by atoms with Gasteiger partial charge in [0.05, 0.1) is 6.07 Å². The molecule has 0 aliphatic carbocycles. The highest BCUT2D eigenvalue weighted by atomic mass is 16.5. The van der Waals surface area contributed by atoms with Crippen molar-refractivity contribution in [2.45, 2.75) is 52.9 Å². The summed E-state index contributed by atoms with van der Waals surface area (Å²) in [5.41, 5.74) is 2.47. The summed E-state index contributed by atoms with van der Waals surface area (Å²) >= 11 is 0. The van der Waals surface area contributed by atoms with Crippen molar-refractivity contribution in [3.63, 3.8) is 0 Å². The zero-order valence-corrected chi connectivity index (χ0v) is 15.9. The Hall–Kier alpha value is -2.60. The molecule has 2 rings (SSSR count).